The first kappa shape index (κ1) is 12.6. The third-order valence-electron chi connectivity index (χ3n) is 2.78. The van der Waals surface area contributed by atoms with Gasteiger partial charge in [0.1, 0.15) is 5.82 Å². The molecule has 0 bridgehead atoms. The van der Waals surface area contributed by atoms with Crippen LogP contribution in [0.3, 0.4) is 0 Å². The Balaban J connectivity index is 2.32. The summed E-state index contributed by atoms with van der Waals surface area (Å²) in [5, 5.41) is 3.06. The molecule has 0 saturated heterocycles. The van der Waals surface area contributed by atoms with Crippen LogP contribution in [0.2, 0.25) is 0 Å². The fourth-order valence-corrected chi connectivity index (χ4v) is 1.96. The molecule has 0 aliphatic rings. The molecule has 0 atom stereocenters. The molecule has 2 aromatic rings. The van der Waals surface area contributed by atoms with Crippen LogP contribution in [0.25, 0.3) is 11.1 Å². The van der Waals surface area contributed by atoms with Crippen LogP contribution >= 0.6 is 0 Å². The van der Waals surface area contributed by atoms with Gasteiger partial charge in [-0.2, -0.15) is 0 Å². The van der Waals surface area contributed by atoms with Gasteiger partial charge in [-0.3, -0.25) is 0 Å². The molecular weight excluding hydrogens is 222 g/mol. The van der Waals surface area contributed by atoms with Gasteiger partial charge in [0, 0.05) is 19.8 Å². The minimum atomic E-state index is 0.894. The van der Waals surface area contributed by atoms with Gasteiger partial charge in [0.15, 0.2) is 0 Å². The summed E-state index contributed by atoms with van der Waals surface area (Å²) in [5.74, 6) is 0.894. The van der Waals surface area contributed by atoms with Crippen molar-refractivity contribution >= 4 is 5.82 Å². The maximum absolute atomic E-state index is 4.23. The summed E-state index contributed by atoms with van der Waals surface area (Å²) < 4.78 is 0. The van der Waals surface area contributed by atoms with Crippen LogP contribution in [0.5, 0.6) is 0 Å². The molecule has 1 aromatic heterocycles. The summed E-state index contributed by atoms with van der Waals surface area (Å²) >= 11 is 0. The zero-order chi connectivity index (χ0) is 13.0. The van der Waals surface area contributed by atoms with Crippen LogP contribution in [-0.2, 0) is 6.54 Å². The number of benzene rings is 1. The molecule has 0 saturated carbocycles. The first-order chi connectivity index (χ1) is 8.69. The van der Waals surface area contributed by atoms with E-state index in [0.29, 0.717) is 0 Å². The van der Waals surface area contributed by atoms with Crippen molar-refractivity contribution in [3.8, 4) is 11.1 Å². The van der Waals surface area contributed by atoms with Crippen LogP contribution in [0.1, 0.15) is 5.56 Å². The van der Waals surface area contributed by atoms with Gasteiger partial charge in [0.2, 0.25) is 0 Å². The average Bonchev–Trinajstić information content (AvgIpc) is 2.38. The molecule has 0 amide bonds. The second kappa shape index (κ2) is 5.65. The van der Waals surface area contributed by atoms with Gasteiger partial charge in [0.25, 0.3) is 0 Å². The van der Waals surface area contributed by atoms with Crippen LogP contribution in [0.15, 0.2) is 42.6 Å². The van der Waals surface area contributed by atoms with Gasteiger partial charge >= 0.3 is 0 Å². The van der Waals surface area contributed by atoms with Gasteiger partial charge in [-0.05, 0) is 49.0 Å². The third-order valence-corrected chi connectivity index (χ3v) is 2.78. The van der Waals surface area contributed by atoms with Crippen LogP contribution < -0.4 is 5.32 Å². The molecule has 0 unspecified atom stereocenters. The molecule has 3 nitrogen and oxygen atoms in total. The summed E-state index contributed by atoms with van der Waals surface area (Å²) in [7, 11) is 6.05. The van der Waals surface area contributed by atoms with Crippen molar-refractivity contribution in [1.82, 2.24) is 9.88 Å². The number of pyridine rings is 1. The molecule has 0 fully saturated rings. The Morgan fingerprint density at radius 3 is 2.61 bits per heavy atom. The quantitative estimate of drug-likeness (QED) is 0.892. The maximum atomic E-state index is 4.23. The van der Waals surface area contributed by atoms with E-state index in [-0.39, 0.29) is 0 Å². The van der Waals surface area contributed by atoms with E-state index in [9.17, 15) is 0 Å². The lowest BCUT2D eigenvalue weighted by Gasteiger charge is -2.11. The van der Waals surface area contributed by atoms with E-state index in [1.807, 2.05) is 19.3 Å². The Bertz CT molecular complexity index is 521. The zero-order valence-corrected chi connectivity index (χ0v) is 11.1. The number of hydrogen-bond acceptors (Lipinski definition) is 3. The van der Waals surface area contributed by atoms with E-state index in [4.69, 9.17) is 0 Å². The Kier molecular flexibility index (Phi) is 3.95. The van der Waals surface area contributed by atoms with Crippen molar-refractivity contribution in [3.05, 3.63) is 48.2 Å². The van der Waals surface area contributed by atoms with Crippen LogP contribution in [-0.4, -0.2) is 31.0 Å². The first-order valence-corrected chi connectivity index (χ1v) is 6.07. The molecular formula is C15H19N3. The number of rotatable bonds is 4. The highest BCUT2D eigenvalue weighted by Crippen LogP contribution is 2.22. The molecule has 18 heavy (non-hydrogen) atoms. The lowest BCUT2D eigenvalue weighted by Crippen LogP contribution is -2.10. The molecule has 1 N–H and O–H groups in total. The average molecular weight is 241 g/mol. The fourth-order valence-electron chi connectivity index (χ4n) is 1.96. The standard InChI is InChI=1S/C15H19N3/c1-16-15-10-14(7-8-17-15)13-6-4-5-12(9-13)11-18(2)3/h4-10H,11H2,1-3H3,(H,16,17). The normalized spacial score (nSPS) is 10.7. The number of hydrogen-bond donors (Lipinski definition) is 1. The van der Waals surface area contributed by atoms with Crippen molar-refractivity contribution < 1.29 is 0 Å². The molecule has 0 radical (unpaired) electrons. The molecule has 0 spiro atoms. The number of nitrogens with zero attached hydrogens (tertiary/aromatic N) is 2. The van der Waals surface area contributed by atoms with Gasteiger partial charge in [0.05, 0.1) is 0 Å². The number of nitrogens with one attached hydrogen (secondary N) is 1. The molecule has 1 heterocycles. The Morgan fingerprint density at radius 1 is 1.11 bits per heavy atom. The highest BCUT2D eigenvalue weighted by atomic mass is 15.0. The lowest BCUT2D eigenvalue weighted by atomic mass is 10.0. The molecule has 0 aliphatic carbocycles. The van der Waals surface area contributed by atoms with Crippen LogP contribution in [0.4, 0.5) is 5.82 Å². The third kappa shape index (κ3) is 3.08. The predicted octanol–water partition coefficient (Wildman–Crippen LogP) is 2.85. The van der Waals surface area contributed by atoms with Gasteiger partial charge in [-0.25, -0.2) is 4.98 Å². The largest absolute Gasteiger partial charge is 0.373 e. The van der Waals surface area contributed by atoms with E-state index >= 15 is 0 Å². The highest BCUT2D eigenvalue weighted by Gasteiger charge is 2.01. The molecule has 3 heteroatoms. The first-order valence-electron chi connectivity index (χ1n) is 6.07. The van der Waals surface area contributed by atoms with Crippen molar-refractivity contribution in [2.45, 2.75) is 6.54 Å². The topological polar surface area (TPSA) is 28.2 Å². The summed E-state index contributed by atoms with van der Waals surface area (Å²) in [4.78, 5) is 6.41. The van der Waals surface area contributed by atoms with Crippen molar-refractivity contribution in [3.63, 3.8) is 0 Å². The minimum Gasteiger partial charge on any atom is -0.373 e. The van der Waals surface area contributed by atoms with E-state index in [1.54, 1.807) is 0 Å². The minimum absolute atomic E-state index is 0.894. The second-order valence-corrected chi connectivity index (χ2v) is 4.62. The lowest BCUT2D eigenvalue weighted by molar-refractivity contribution is 0.402. The maximum Gasteiger partial charge on any atom is 0.126 e. The van der Waals surface area contributed by atoms with Gasteiger partial charge in [-0.15, -0.1) is 0 Å². The predicted molar refractivity (Wildman–Crippen MR) is 76.6 cm³/mol. The zero-order valence-electron chi connectivity index (χ0n) is 11.1. The molecule has 1 aromatic carbocycles. The second-order valence-electron chi connectivity index (χ2n) is 4.62. The monoisotopic (exact) mass is 241 g/mol. The molecule has 2 rings (SSSR count). The Hall–Kier alpha value is -1.87. The van der Waals surface area contributed by atoms with E-state index in [0.717, 1.165) is 12.4 Å². The van der Waals surface area contributed by atoms with Crippen LogP contribution in [0, 0.1) is 0 Å². The molecule has 94 valence electrons. The summed E-state index contributed by atoms with van der Waals surface area (Å²) in [5.41, 5.74) is 3.74. The van der Waals surface area contributed by atoms with E-state index in [2.05, 4.69) is 59.6 Å². The van der Waals surface area contributed by atoms with E-state index < -0.39 is 0 Å². The smallest absolute Gasteiger partial charge is 0.126 e. The fraction of sp³-hybridized carbons (Fsp3) is 0.267. The van der Waals surface area contributed by atoms with Crippen molar-refractivity contribution in [1.29, 1.82) is 0 Å². The number of aromatic nitrogens is 1. The molecule has 0 aliphatic heterocycles. The number of anilines is 1. The summed E-state index contributed by atoms with van der Waals surface area (Å²) in [6, 6.07) is 12.7. The van der Waals surface area contributed by atoms with Gasteiger partial charge < -0.3 is 10.2 Å². The summed E-state index contributed by atoms with van der Waals surface area (Å²) in [6.07, 6.45) is 1.83. The van der Waals surface area contributed by atoms with Gasteiger partial charge in [-0.1, -0.05) is 18.2 Å². The SMILES string of the molecule is CNc1cc(-c2cccc(CN(C)C)c2)ccn1. The van der Waals surface area contributed by atoms with E-state index in [1.165, 1.54) is 16.7 Å². The van der Waals surface area contributed by atoms with Crippen molar-refractivity contribution in [2.24, 2.45) is 0 Å². The summed E-state index contributed by atoms with van der Waals surface area (Å²) in [6.45, 7) is 0.956. The van der Waals surface area contributed by atoms with Crippen molar-refractivity contribution in [2.75, 3.05) is 26.5 Å². The Morgan fingerprint density at radius 2 is 1.89 bits per heavy atom. The Labute approximate surface area is 108 Å². The highest BCUT2D eigenvalue weighted by molar-refractivity contribution is 5.66.